The van der Waals surface area contributed by atoms with Crippen LogP contribution in [0, 0.1) is 17.8 Å². The first-order valence-corrected chi connectivity index (χ1v) is 6.52. The predicted octanol–water partition coefficient (Wildman–Crippen LogP) is 2.60. The lowest BCUT2D eigenvalue weighted by Crippen LogP contribution is -2.33. The molecule has 5 atom stereocenters. The van der Waals surface area contributed by atoms with Crippen LogP contribution in [-0.2, 0) is 4.74 Å². The van der Waals surface area contributed by atoms with Gasteiger partial charge in [0, 0.05) is 0 Å². The van der Waals surface area contributed by atoms with Gasteiger partial charge in [0.25, 0.3) is 0 Å². The van der Waals surface area contributed by atoms with E-state index in [9.17, 15) is 5.11 Å². The molecule has 0 aromatic carbocycles. The monoisotopic (exact) mass is 212 g/mol. The highest BCUT2D eigenvalue weighted by atomic mass is 16.6. The number of rotatable bonds is 4. The number of hydrogen-bond acceptors (Lipinski definition) is 2. The fourth-order valence-electron chi connectivity index (χ4n) is 3.09. The van der Waals surface area contributed by atoms with Gasteiger partial charge in [-0.2, -0.15) is 0 Å². The second-order valence-corrected chi connectivity index (χ2v) is 5.44. The Morgan fingerprint density at radius 3 is 2.73 bits per heavy atom. The molecule has 0 bridgehead atoms. The summed E-state index contributed by atoms with van der Waals surface area (Å²) in [5, 5.41) is 10.0. The van der Waals surface area contributed by atoms with Gasteiger partial charge < -0.3 is 9.84 Å². The summed E-state index contributed by atoms with van der Waals surface area (Å²) in [5.74, 6) is 2.05. The zero-order valence-electron chi connectivity index (χ0n) is 9.98. The SMILES string of the molecule is CCCC(O)C1CCC(C)C(C2CO2)C1. The van der Waals surface area contributed by atoms with E-state index in [-0.39, 0.29) is 6.10 Å². The lowest BCUT2D eigenvalue weighted by atomic mass is 9.71. The first kappa shape index (κ1) is 11.4. The van der Waals surface area contributed by atoms with Gasteiger partial charge in [-0.25, -0.2) is 0 Å². The van der Waals surface area contributed by atoms with Gasteiger partial charge >= 0.3 is 0 Å². The normalized spacial score (nSPS) is 42.6. The summed E-state index contributed by atoms with van der Waals surface area (Å²) in [4.78, 5) is 0. The maximum atomic E-state index is 10.0. The molecule has 88 valence electrons. The van der Waals surface area contributed by atoms with E-state index in [0.717, 1.165) is 31.3 Å². The average Bonchev–Trinajstić information content (AvgIpc) is 3.02. The Balaban J connectivity index is 1.86. The highest BCUT2D eigenvalue weighted by Crippen LogP contribution is 2.41. The van der Waals surface area contributed by atoms with Crippen molar-refractivity contribution in [2.45, 2.75) is 58.2 Å². The largest absolute Gasteiger partial charge is 0.393 e. The molecule has 0 aromatic rings. The molecule has 1 aliphatic carbocycles. The first-order chi connectivity index (χ1) is 7.22. The van der Waals surface area contributed by atoms with Crippen molar-refractivity contribution in [3.63, 3.8) is 0 Å². The van der Waals surface area contributed by atoms with E-state index >= 15 is 0 Å². The summed E-state index contributed by atoms with van der Waals surface area (Å²) in [6.07, 6.45) is 6.20. The topological polar surface area (TPSA) is 32.8 Å². The van der Waals surface area contributed by atoms with Crippen LogP contribution in [0.1, 0.15) is 46.0 Å². The van der Waals surface area contributed by atoms with Gasteiger partial charge in [0.1, 0.15) is 0 Å². The highest BCUT2D eigenvalue weighted by Gasteiger charge is 2.41. The number of epoxide rings is 1. The molecule has 1 heterocycles. The summed E-state index contributed by atoms with van der Waals surface area (Å²) >= 11 is 0. The summed E-state index contributed by atoms with van der Waals surface area (Å²) in [6, 6.07) is 0. The molecular weight excluding hydrogens is 188 g/mol. The smallest absolute Gasteiger partial charge is 0.0840 e. The highest BCUT2D eigenvalue weighted by molar-refractivity contribution is 4.89. The van der Waals surface area contributed by atoms with E-state index in [0.29, 0.717) is 12.0 Å². The molecule has 1 aliphatic heterocycles. The predicted molar refractivity (Wildman–Crippen MR) is 60.6 cm³/mol. The lowest BCUT2D eigenvalue weighted by Gasteiger charge is -2.35. The van der Waals surface area contributed by atoms with Crippen LogP contribution in [0.4, 0.5) is 0 Å². The molecule has 2 heteroatoms. The van der Waals surface area contributed by atoms with Gasteiger partial charge in [0.15, 0.2) is 0 Å². The van der Waals surface area contributed by atoms with E-state index in [1.54, 1.807) is 0 Å². The van der Waals surface area contributed by atoms with Crippen LogP contribution >= 0.6 is 0 Å². The molecule has 1 saturated heterocycles. The minimum absolute atomic E-state index is 0.0660. The van der Waals surface area contributed by atoms with E-state index < -0.39 is 0 Å². The average molecular weight is 212 g/mol. The molecule has 1 saturated carbocycles. The zero-order chi connectivity index (χ0) is 10.8. The van der Waals surface area contributed by atoms with Crippen LogP contribution in [0.25, 0.3) is 0 Å². The standard InChI is InChI=1S/C13H24O2/c1-3-4-12(14)10-6-5-9(2)11(7-10)13-8-15-13/h9-14H,3-8H2,1-2H3. The molecule has 2 fully saturated rings. The summed E-state index contributed by atoms with van der Waals surface area (Å²) in [7, 11) is 0. The van der Waals surface area contributed by atoms with Gasteiger partial charge in [-0.05, 0) is 43.4 Å². The third-order valence-corrected chi connectivity index (χ3v) is 4.26. The van der Waals surface area contributed by atoms with Crippen LogP contribution in [0.5, 0.6) is 0 Å². The van der Waals surface area contributed by atoms with E-state index in [2.05, 4.69) is 13.8 Å². The maximum absolute atomic E-state index is 10.0. The molecule has 1 N–H and O–H groups in total. The van der Waals surface area contributed by atoms with Crippen LogP contribution in [0.3, 0.4) is 0 Å². The Kier molecular flexibility index (Phi) is 3.68. The second-order valence-electron chi connectivity index (χ2n) is 5.44. The summed E-state index contributed by atoms with van der Waals surface area (Å²) in [6.45, 7) is 5.45. The molecule has 2 nitrogen and oxygen atoms in total. The van der Waals surface area contributed by atoms with E-state index in [4.69, 9.17) is 4.74 Å². The van der Waals surface area contributed by atoms with Crippen LogP contribution < -0.4 is 0 Å². The minimum Gasteiger partial charge on any atom is -0.393 e. The molecule has 0 spiro atoms. The van der Waals surface area contributed by atoms with Gasteiger partial charge in [0.2, 0.25) is 0 Å². The van der Waals surface area contributed by atoms with Crippen molar-refractivity contribution in [2.75, 3.05) is 6.61 Å². The molecule has 0 radical (unpaired) electrons. The van der Waals surface area contributed by atoms with Crippen LogP contribution in [0.2, 0.25) is 0 Å². The van der Waals surface area contributed by atoms with Gasteiger partial charge in [-0.15, -0.1) is 0 Å². The van der Waals surface area contributed by atoms with E-state index in [1.165, 1.54) is 19.3 Å². The van der Waals surface area contributed by atoms with Crippen LogP contribution in [0.15, 0.2) is 0 Å². The third kappa shape index (κ3) is 2.73. The number of aliphatic hydroxyl groups is 1. The van der Waals surface area contributed by atoms with Gasteiger partial charge in [-0.1, -0.05) is 20.3 Å². The molecule has 15 heavy (non-hydrogen) atoms. The van der Waals surface area contributed by atoms with E-state index in [1.807, 2.05) is 0 Å². The Morgan fingerprint density at radius 2 is 2.13 bits per heavy atom. The number of aliphatic hydroxyl groups excluding tert-OH is 1. The van der Waals surface area contributed by atoms with Crippen molar-refractivity contribution in [1.29, 1.82) is 0 Å². The third-order valence-electron chi connectivity index (χ3n) is 4.26. The van der Waals surface area contributed by atoms with Crippen molar-refractivity contribution < 1.29 is 9.84 Å². The quantitative estimate of drug-likeness (QED) is 0.727. The molecule has 5 unspecified atom stereocenters. The second kappa shape index (κ2) is 4.84. The Bertz CT molecular complexity index is 201. The minimum atomic E-state index is -0.0660. The van der Waals surface area contributed by atoms with Crippen molar-refractivity contribution in [3.8, 4) is 0 Å². The van der Waals surface area contributed by atoms with Crippen molar-refractivity contribution in [3.05, 3.63) is 0 Å². The molecule has 2 aliphatic rings. The maximum Gasteiger partial charge on any atom is 0.0840 e. The van der Waals surface area contributed by atoms with Gasteiger partial charge in [-0.3, -0.25) is 0 Å². The van der Waals surface area contributed by atoms with Crippen molar-refractivity contribution in [1.82, 2.24) is 0 Å². The molecular formula is C13H24O2. The number of hydrogen-bond donors (Lipinski definition) is 1. The van der Waals surface area contributed by atoms with Crippen molar-refractivity contribution >= 4 is 0 Å². The Hall–Kier alpha value is -0.0800. The fourth-order valence-corrected chi connectivity index (χ4v) is 3.09. The fraction of sp³-hybridized carbons (Fsp3) is 1.00. The Morgan fingerprint density at radius 1 is 1.40 bits per heavy atom. The molecule has 0 aromatic heterocycles. The summed E-state index contributed by atoms with van der Waals surface area (Å²) < 4.78 is 5.42. The zero-order valence-corrected chi connectivity index (χ0v) is 9.98. The number of ether oxygens (including phenoxy) is 1. The van der Waals surface area contributed by atoms with Gasteiger partial charge in [0.05, 0.1) is 18.8 Å². The van der Waals surface area contributed by atoms with Crippen molar-refractivity contribution in [2.24, 2.45) is 17.8 Å². The lowest BCUT2D eigenvalue weighted by molar-refractivity contribution is 0.0393. The molecule has 0 amide bonds. The Labute approximate surface area is 93.0 Å². The first-order valence-electron chi connectivity index (χ1n) is 6.52. The van der Waals surface area contributed by atoms with Crippen LogP contribution in [-0.4, -0.2) is 23.9 Å². The molecule has 2 rings (SSSR count). The summed E-state index contributed by atoms with van der Waals surface area (Å²) in [5.41, 5.74) is 0.